The summed E-state index contributed by atoms with van der Waals surface area (Å²) >= 11 is 0. The first-order valence-corrected chi connectivity index (χ1v) is 11.6. The van der Waals surface area contributed by atoms with Gasteiger partial charge in [0.05, 0.1) is 17.4 Å². The average molecular weight is 420 g/mol. The van der Waals surface area contributed by atoms with Crippen LogP contribution in [0, 0.1) is 0 Å². The van der Waals surface area contributed by atoms with E-state index in [4.69, 9.17) is 15.0 Å². The molecule has 1 atom stereocenters. The Balaban J connectivity index is 1.35. The molecule has 31 heavy (non-hydrogen) atoms. The highest BCUT2D eigenvalue weighted by Gasteiger charge is 2.26. The van der Waals surface area contributed by atoms with E-state index >= 15 is 0 Å². The summed E-state index contributed by atoms with van der Waals surface area (Å²) < 4.78 is 2.17. The molecule has 1 unspecified atom stereocenters. The van der Waals surface area contributed by atoms with E-state index in [0.29, 0.717) is 12.1 Å². The summed E-state index contributed by atoms with van der Waals surface area (Å²) in [5.41, 5.74) is 4.69. The number of nitrogens with zero attached hydrogens (tertiary/aromatic N) is 7. The van der Waals surface area contributed by atoms with Crippen LogP contribution in [0.25, 0.3) is 5.65 Å². The third kappa shape index (κ3) is 4.04. The number of rotatable bonds is 5. The molecule has 3 aromatic heterocycles. The number of fused-ring (bicyclic) bond motifs is 2. The Labute approximate surface area is 184 Å². The van der Waals surface area contributed by atoms with Crippen LogP contribution < -0.4 is 4.90 Å². The zero-order valence-corrected chi connectivity index (χ0v) is 18.9. The van der Waals surface area contributed by atoms with Crippen molar-refractivity contribution in [2.24, 2.45) is 0 Å². The number of piperazine rings is 1. The molecule has 1 aliphatic heterocycles. The van der Waals surface area contributed by atoms with Crippen molar-refractivity contribution in [3.63, 3.8) is 0 Å². The smallest absolute Gasteiger partial charge is 0.211 e. The van der Waals surface area contributed by atoms with Gasteiger partial charge in [0.25, 0.3) is 0 Å². The van der Waals surface area contributed by atoms with Crippen LogP contribution >= 0.6 is 0 Å². The van der Waals surface area contributed by atoms with E-state index in [1.807, 2.05) is 18.5 Å². The third-order valence-electron chi connectivity index (χ3n) is 6.85. The number of hydrogen-bond acceptors (Lipinski definition) is 6. The molecule has 3 aromatic rings. The van der Waals surface area contributed by atoms with Gasteiger partial charge < -0.3 is 4.90 Å². The third-order valence-corrected chi connectivity index (χ3v) is 6.85. The van der Waals surface area contributed by atoms with Crippen molar-refractivity contribution >= 4 is 11.6 Å². The summed E-state index contributed by atoms with van der Waals surface area (Å²) in [6.45, 7) is 9.51. The fourth-order valence-corrected chi connectivity index (χ4v) is 5.08. The quantitative estimate of drug-likeness (QED) is 0.633. The molecule has 0 bridgehead atoms. The van der Waals surface area contributed by atoms with Gasteiger partial charge in [0.1, 0.15) is 5.65 Å². The Hall–Kier alpha value is -2.51. The van der Waals surface area contributed by atoms with Crippen molar-refractivity contribution < 1.29 is 0 Å². The van der Waals surface area contributed by atoms with Gasteiger partial charge in [-0.25, -0.2) is 9.97 Å². The highest BCUT2D eigenvalue weighted by atomic mass is 15.3. The van der Waals surface area contributed by atoms with Gasteiger partial charge in [0, 0.05) is 57.4 Å². The molecule has 4 heterocycles. The Morgan fingerprint density at radius 2 is 1.94 bits per heavy atom. The Kier molecular flexibility index (Phi) is 5.63. The highest BCUT2D eigenvalue weighted by molar-refractivity contribution is 5.48. The average Bonchev–Trinajstić information content (AvgIpc) is 3.21. The first-order valence-electron chi connectivity index (χ1n) is 11.6. The highest BCUT2D eigenvalue weighted by Crippen LogP contribution is 2.32. The second-order valence-electron chi connectivity index (χ2n) is 9.19. The standard InChI is InChI=1S/C24H33N7/c1-18(2)29-12-14-30(15-13-29)24-26-11-9-22-27-20(17-31(22)24)16-28(3)21-8-4-6-19-7-5-10-25-23(19)21/h5,7,9-11,17-18,21H,4,6,8,12-16H2,1-3H3. The van der Waals surface area contributed by atoms with E-state index in [9.17, 15) is 0 Å². The van der Waals surface area contributed by atoms with Crippen LogP contribution in [0.15, 0.2) is 36.8 Å². The molecule has 5 rings (SSSR count). The van der Waals surface area contributed by atoms with Gasteiger partial charge in [0.2, 0.25) is 5.95 Å². The lowest BCUT2D eigenvalue weighted by Crippen LogP contribution is -2.49. The maximum absolute atomic E-state index is 4.93. The summed E-state index contributed by atoms with van der Waals surface area (Å²) in [6, 6.07) is 7.25. The number of anilines is 1. The monoisotopic (exact) mass is 419 g/mol. The van der Waals surface area contributed by atoms with Crippen molar-refractivity contribution in [3.05, 3.63) is 53.7 Å². The van der Waals surface area contributed by atoms with E-state index in [0.717, 1.165) is 62.9 Å². The van der Waals surface area contributed by atoms with Crippen LogP contribution in [-0.4, -0.2) is 68.4 Å². The summed E-state index contributed by atoms with van der Waals surface area (Å²) in [5, 5.41) is 0. The van der Waals surface area contributed by atoms with Gasteiger partial charge in [0.15, 0.2) is 0 Å². The topological polar surface area (TPSA) is 52.8 Å². The normalized spacial score (nSPS) is 20.0. The lowest BCUT2D eigenvalue weighted by Gasteiger charge is -2.37. The fraction of sp³-hybridized carbons (Fsp3) is 0.542. The predicted molar refractivity (Wildman–Crippen MR) is 123 cm³/mol. The van der Waals surface area contributed by atoms with Crippen molar-refractivity contribution in [2.45, 2.75) is 51.7 Å². The molecular formula is C24H33N7. The van der Waals surface area contributed by atoms with Crippen LogP contribution in [0.1, 0.15) is 49.7 Å². The van der Waals surface area contributed by atoms with Crippen LogP contribution in [-0.2, 0) is 13.0 Å². The molecule has 1 aliphatic carbocycles. The lowest BCUT2D eigenvalue weighted by molar-refractivity contribution is 0.206. The Morgan fingerprint density at radius 3 is 2.74 bits per heavy atom. The molecule has 0 spiro atoms. The second kappa shape index (κ2) is 8.55. The predicted octanol–water partition coefficient (Wildman–Crippen LogP) is 3.16. The minimum Gasteiger partial charge on any atom is -0.339 e. The van der Waals surface area contributed by atoms with Gasteiger partial charge in [-0.3, -0.25) is 19.2 Å². The summed E-state index contributed by atoms with van der Waals surface area (Å²) in [7, 11) is 2.20. The van der Waals surface area contributed by atoms with E-state index in [-0.39, 0.29) is 0 Å². The van der Waals surface area contributed by atoms with Gasteiger partial charge >= 0.3 is 0 Å². The summed E-state index contributed by atoms with van der Waals surface area (Å²) in [5.74, 6) is 1.01. The summed E-state index contributed by atoms with van der Waals surface area (Å²) in [4.78, 5) is 21.7. The molecule has 0 N–H and O–H groups in total. The molecule has 164 valence electrons. The van der Waals surface area contributed by atoms with Crippen molar-refractivity contribution in [1.29, 1.82) is 0 Å². The minimum atomic E-state index is 0.358. The molecule has 2 aliphatic rings. The van der Waals surface area contributed by atoms with Crippen molar-refractivity contribution in [2.75, 3.05) is 38.1 Å². The van der Waals surface area contributed by atoms with Gasteiger partial charge in [-0.1, -0.05) is 6.07 Å². The zero-order valence-electron chi connectivity index (χ0n) is 18.9. The molecule has 0 saturated carbocycles. The van der Waals surface area contributed by atoms with E-state index < -0.39 is 0 Å². The van der Waals surface area contributed by atoms with Crippen LogP contribution in [0.3, 0.4) is 0 Å². The molecule has 7 nitrogen and oxygen atoms in total. The van der Waals surface area contributed by atoms with E-state index in [1.54, 1.807) is 0 Å². The van der Waals surface area contributed by atoms with Crippen LogP contribution in [0.5, 0.6) is 0 Å². The molecular weight excluding hydrogens is 386 g/mol. The van der Waals surface area contributed by atoms with Gasteiger partial charge in [-0.05, 0) is 57.9 Å². The van der Waals surface area contributed by atoms with Crippen molar-refractivity contribution in [1.82, 2.24) is 29.2 Å². The summed E-state index contributed by atoms with van der Waals surface area (Å²) in [6.07, 6.45) is 9.50. The lowest BCUT2D eigenvalue weighted by atomic mass is 9.91. The fourth-order valence-electron chi connectivity index (χ4n) is 5.08. The molecule has 1 fully saturated rings. The molecule has 0 amide bonds. The molecule has 0 radical (unpaired) electrons. The number of aromatic nitrogens is 4. The molecule has 0 aromatic carbocycles. The second-order valence-corrected chi connectivity index (χ2v) is 9.19. The zero-order chi connectivity index (χ0) is 21.4. The number of aryl methyl sites for hydroxylation is 1. The van der Waals surface area contributed by atoms with Crippen LogP contribution in [0.2, 0.25) is 0 Å². The number of hydrogen-bond donors (Lipinski definition) is 0. The molecule has 7 heteroatoms. The van der Waals surface area contributed by atoms with Crippen LogP contribution in [0.4, 0.5) is 5.95 Å². The molecule has 1 saturated heterocycles. The number of pyridine rings is 1. The minimum absolute atomic E-state index is 0.358. The largest absolute Gasteiger partial charge is 0.339 e. The first-order chi connectivity index (χ1) is 15.1. The van der Waals surface area contributed by atoms with Crippen molar-refractivity contribution in [3.8, 4) is 0 Å². The Morgan fingerprint density at radius 1 is 1.10 bits per heavy atom. The van der Waals surface area contributed by atoms with Gasteiger partial charge in [-0.15, -0.1) is 0 Å². The Bertz CT molecular complexity index is 1040. The maximum atomic E-state index is 4.93. The SMILES string of the molecule is CC(C)N1CCN(c2nccc3nc(CN(C)C4CCCc5cccnc54)cn23)CC1. The first kappa shape index (κ1) is 20.4. The number of imidazole rings is 1. The van der Waals surface area contributed by atoms with Gasteiger partial charge in [-0.2, -0.15) is 0 Å². The van der Waals surface area contributed by atoms with E-state index in [2.05, 4.69) is 58.3 Å². The van der Waals surface area contributed by atoms with E-state index in [1.165, 1.54) is 17.7 Å². The maximum Gasteiger partial charge on any atom is 0.211 e.